The Balaban J connectivity index is 2.03. The van der Waals surface area contributed by atoms with Crippen LogP contribution in [0.5, 0.6) is 0 Å². The molecule has 0 aromatic heterocycles. The minimum Gasteiger partial charge on any atom is -0.398 e. The van der Waals surface area contributed by atoms with Crippen molar-refractivity contribution < 1.29 is 4.79 Å². The van der Waals surface area contributed by atoms with Crippen molar-refractivity contribution in [1.29, 1.82) is 0 Å². The van der Waals surface area contributed by atoms with Crippen LogP contribution in [0, 0.1) is 5.92 Å². The van der Waals surface area contributed by atoms with Gasteiger partial charge in [-0.3, -0.25) is 4.79 Å². The molecule has 3 N–H and O–H groups in total. The Morgan fingerprint density at radius 3 is 2.75 bits per heavy atom. The van der Waals surface area contributed by atoms with Gasteiger partial charge in [0.2, 0.25) is 0 Å². The molecule has 0 saturated heterocycles. The molecule has 3 nitrogen and oxygen atoms in total. The molecule has 86 valence electrons. The second-order valence-electron chi connectivity index (χ2n) is 4.48. The molecule has 0 radical (unpaired) electrons. The van der Waals surface area contributed by atoms with Gasteiger partial charge in [0.15, 0.2) is 0 Å². The van der Waals surface area contributed by atoms with Crippen molar-refractivity contribution in [2.24, 2.45) is 5.92 Å². The molecule has 2 rings (SSSR count). The Hall–Kier alpha value is -1.22. The quantitative estimate of drug-likeness (QED) is 0.778. The highest BCUT2D eigenvalue weighted by atomic mass is 35.5. The highest BCUT2D eigenvalue weighted by Crippen LogP contribution is 2.27. The number of anilines is 1. The van der Waals surface area contributed by atoms with Crippen molar-refractivity contribution in [3.8, 4) is 0 Å². The van der Waals surface area contributed by atoms with E-state index in [1.54, 1.807) is 18.2 Å². The second kappa shape index (κ2) is 4.34. The number of rotatable bonds is 2. The van der Waals surface area contributed by atoms with E-state index in [-0.39, 0.29) is 5.91 Å². The third kappa shape index (κ3) is 2.30. The third-order valence-electron chi connectivity index (χ3n) is 2.97. The zero-order chi connectivity index (χ0) is 11.7. The molecule has 0 heterocycles. The molecule has 1 aromatic carbocycles. The largest absolute Gasteiger partial charge is 0.398 e. The predicted octanol–water partition coefficient (Wildman–Crippen LogP) is 2.45. The molecule has 1 fully saturated rings. The van der Waals surface area contributed by atoms with Crippen molar-refractivity contribution in [3.05, 3.63) is 28.8 Å². The first kappa shape index (κ1) is 11.3. The number of nitrogens with two attached hydrogens (primary N) is 1. The van der Waals surface area contributed by atoms with E-state index in [0.717, 1.165) is 12.8 Å². The molecule has 1 aliphatic rings. The molecule has 0 spiro atoms. The first-order valence-corrected chi connectivity index (χ1v) is 5.80. The molecular formula is C12H15ClN2O. The van der Waals surface area contributed by atoms with Crippen LogP contribution in [-0.2, 0) is 0 Å². The van der Waals surface area contributed by atoms with E-state index in [9.17, 15) is 4.79 Å². The first-order chi connectivity index (χ1) is 7.56. The minimum atomic E-state index is -0.105. The van der Waals surface area contributed by atoms with Crippen LogP contribution in [0.25, 0.3) is 0 Å². The summed E-state index contributed by atoms with van der Waals surface area (Å²) in [6, 6.07) is 5.24. The molecule has 1 amide bonds. The van der Waals surface area contributed by atoms with Gasteiger partial charge in [0.05, 0.1) is 5.56 Å². The number of halogens is 1. The topological polar surface area (TPSA) is 55.1 Å². The van der Waals surface area contributed by atoms with Crippen molar-refractivity contribution in [1.82, 2.24) is 5.32 Å². The number of amides is 1. The van der Waals surface area contributed by atoms with E-state index in [1.165, 1.54) is 0 Å². The fraction of sp³-hybridized carbons (Fsp3) is 0.417. The number of benzene rings is 1. The van der Waals surface area contributed by atoms with Gasteiger partial charge in [-0.25, -0.2) is 0 Å². The number of carbonyl (C=O) groups is 1. The Morgan fingerprint density at radius 1 is 1.50 bits per heavy atom. The molecule has 1 aromatic rings. The lowest BCUT2D eigenvalue weighted by Crippen LogP contribution is -2.43. The van der Waals surface area contributed by atoms with Gasteiger partial charge in [0.1, 0.15) is 0 Å². The standard InChI is InChI=1S/C12H15ClN2O/c1-7-4-9(5-7)15-12(16)10-3-2-8(13)6-11(10)14/h2-3,6-7,9H,4-5,14H2,1H3,(H,15,16). The van der Waals surface area contributed by atoms with Crippen molar-refractivity contribution >= 4 is 23.2 Å². The van der Waals surface area contributed by atoms with E-state index in [4.69, 9.17) is 17.3 Å². The van der Waals surface area contributed by atoms with Crippen LogP contribution in [0.2, 0.25) is 5.02 Å². The van der Waals surface area contributed by atoms with E-state index < -0.39 is 0 Å². The van der Waals surface area contributed by atoms with Crippen LogP contribution in [0.1, 0.15) is 30.1 Å². The van der Waals surface area contributed by atoms with Crippen LogP contribution in [0.15, 0.2) is 18.2 Å². The van der Waals surface area contributed by atoms with Gasteiger partial charge in [-0.1, -0.05) is 18.5 Å². The zero-order valence-corrected chi connectivity index (χ0v) is 9.92. The van der Waals surface area contributed by atoms with Gasteiger partial charge in [0.25, 0.3) is 5.91 Å². The summed E-state index contributed by atoms with van der Waals surface area (Å²) in [5.41, 5.74) is 6.67. The van der Waals surface area contributed by atoms with Crippen molar-refractivity contribution in [3.63, 3.8) is 0 Å². The maximum Gasteiger partial charge on any atom is 0.253 e. The van der Waals surface area contributed by atoms with Crippen LogP contribution < -0.4 is 11.1 Å². The molecule has 1 aliphatic carbocycles. The number of hydrogen-bond donors (Lipinski definition) is 2. The first-order valence-electron chi connectivity index (χ1n) is 5.42. The molecule has 16 heavy (non-hydrogen) atoms. The molecule has 0 atom stereocenters. The molecule has 0 aliphatic heterocycles. The number of hydrogen-bond acceptors (Lipinski definition) is 2. The highest BCUT2D eigenvalue weighted by molar-refractivity contribution is 6.31. The SMILES string of the molecule is CC1CC(NC(=O)c2ccc(Cl)cc2N)C1. The number of carbonyl (C=O) groups excluding carboxylic acids is 1. The lowest BCUT2D eigenvalue weighted by Gasteiger charge is -2.33. The molecule has 1 saturated carbocycles. The fourth-order valence-corrected chi connectivity index (χ4v) is 2.20. The predicted molar refractivity (Wildman–Crippen MR) is 65.5 cm³/mol. The Morgan fingerprint density at radius 2 is 2.19 bits per heavy atom. The van der Waals surface area contributed by atoms with Gasteiger partial charge in [-0.15, -0.1) is 0 Å². The fourth-order valence-electron chi connectivity index (χ4n) is 2.02. The average molecular weight is 239 g/mol. The van der Waals surface area contributed by atoms with Gasteiger partial charge in [0, 0.05) is 16.8 Å². The van der Waals surface area contributed by atoms with Crippen LogP contribution in [-0.4, -0.2) is 11.9 Å². The monoisotopic (exact) mass is 238 g/mol. The summed E-state index contributed by atoms with van der Waals surface area (Å²) in [7, 11) is 0. The maximum atomic E-state index is 11.9. The van der Waals surface area contributed by atoms with Gasteiger partial charge in [-0.05, 0) is 37.0 Å². The zero-order valence-electron chi connectivity index (χ0n) is 9.16. The molecule has 0 bridgehead atoms. The number of nitrogens with one attached hydrogen (secondary N) is 1. The molecular weight excluding hydrogens is 224 g/mol. The summed E-state index contributed by atoms with van der Waals surface area (Å²) in [6.45, 7) is 2.18. The summed E-state index contributed by atoms with van der Waals surface area (Å²) >= 11 is 5.77. The van der Waals surface area contributed by atoms with E-state index in [2.05, 4.69) is 12.2 Å². The Labute approximate surface area is 100.0 Å². The summed E-state index contributed by atoms with van der Waals surface area (Å²) in [6.07, 6.45) is 2.11. The highest BCUT2D eigenvalue weighted by Gasteiger charge is 2.27. The summed E-state index contributed by atoms with van der Waals surface area (Å²) in [5, 5.41) is 3.51. The summed E-state index contributed by atoms with van der Waals surface area (Å²) in [5.74, 6) is 0.610. The average Bonchev–Trinajstić information content (AvgIpc) is 2.15. The summed E-state index contributed by atoms with van der Waals surface area (Å²) < 4.78 is 0. The van der Waals surface area contributed by atoms with E-state index in [0.29, 0.717) is 28.2 Å². The van der Waals surface area contributed by atoms with Crippen LogP contribution in [0.4, 0.5) is 5.69 Å². The Kier molecular flexibility index (Phi) is 3.06. The van der Waals surface area contributed by atoms with Gasteiger partial charge in [-0.2, -0.15) is 0 Å². The lowest BCUT2D eigenvalue weighted by atomic mass is 9.82. The van der Waals surface area contributed by atoms with Gasteiger partial charge >= 0.3 is 0 Å². The lowest BCUT2D eigenvalue weighted by molar-refractivity contribution is 0.0897. The van der Waals surface area contributed by atoms with Crippen molar-refractivity contribution in [2.75, 3.05) is 5.73 Å². The Bertz CT molecular complexity index is 413. The summed E-state index contributed by atoms with van der Waals surface area (Å²) in [4.78, 5) is 11.9. The van der Waals surface area contributed by atoms with Gasteiger partial charge < -0.3 is 11.1 Å². The minimum absolute atomic E-state index is 0.105. The third-order valence-corrected chi connectivity index (χ3v) is 3.20. The molecule has 0 unspecified atom stereocenters. The van der Waals surface area contributed by atoms with Crippen molar-refractivity contribution in [2.45, 2.75) is 25.8 Å². The second-order valence-corrected chi connectivity index (χ2v) is 4.91. The normalized spacial score (nSPS) is 23.6. The smallest absolute Gasteiger partial charge is 0.253 e. The van der Waals surface area contributed by atoms with Crippen LogP contribution in [0.3, 0.4) is 0 Å². The number of nitrogen functional groups attached to an aromatic ring is 1. The van der Waals surface area contributed by atoms with E-state index >= 15 is 0 Å². The van der Waals surface area contributed by atoms with E-state index in [1.807, 2.05) is 0 Å². The molecule has 4 heteroatoms. The maximum absolute atomic E-state index is 11.9. The van der Waals surface area contributed by atoms with Crippen LogP contribution >= 0.6 is 11.6 Å².